The average Bonchev–Trinajstić information content (AvgIpc) is 3.04. The van der Waals surface area contributed by atoms with E-state index in [0.717, 1.165) is 28.3 Å². The van der Waals surface area contributed by atoms with E-state index in [1.807, 2.05) is 31.2 Å². The molecule has 1 aliphatic heterocycles. The molecular weight excluding hydrogens is 352 g/mol. The molecule has 1 aliphatic rings. The third-order valence-electron chi connectivity index (χ3n) is 4.66. The van der Waals surface area contributed by atoms with E-state index >= 15 is 0 Å². The van der Waals surface area contributed by atoms with Gasteiger partial charge >= 0.3 is 0 Å². The first kappa shape index (κ1) is 18.8. The van der Waals surface area contributed by atoms with Crippen molar-refractivity contribution < 1.29 is 14.6 Å². The first-order valence-corrected chi connectivity index (χ1v) is 9.42. The summed E-state index contributed by atoms with van der Waals surface area (Å²) in [6, 6.07) is 7.65. The molecule has 0 unspecified atom stereocenters. The van der Waals surface area contributed by atoms with Gasteiger partial charge in [0, 0.05) is 26.2 Å². The molecule has 0 radical (unpaired) electrons. The molecule has 1 saturated heterocycles. The number of aryl methyl sites for hydroxylation is 1. The Hall–Kier alpha value is -2.03. The van der Waals surface area contributed by atoms with Crippen LogP contribution in [0.15, 0.2) is 24.3 Å². The van der Waals surface area contributed by atoms with E-state index in [4.69, 9.17) is 4.74 Å². The van der Waals surface area contributed by atoms with Crippen LogP contribution in [0.1, 0.15) is 29.0 Å². The van der Waals surface area contributed by atoms with Gasteiger partial charge < -0.3 is 20.1 Å². The third-order valence-corrected chi connectivity index (χ3v) is 5.48. The molecule has 2 N–H and O–H groups in total. The minimum Gasteiger partial charge on any atom is -0.497 e. The van der Waals surface area contributed by atoms with Gasteiger partial charge in [0.1, 0.15) is 5.75 Å². The highest BCUT2D eigenvalue weighted by Gasteiger charge is 2.41. The Kier molecular flexibility index (Phi) is 5.85. The van der Waals surface area contributed by atoms with Crippen molar-refractivity contribution in [2.45, 2.75) is 38.5 Å². The van der Waals surface area contributed by atoms with Crippen LogP contribution in [-0.2, 0) is 17.9 Å². The predicted molar refractivity (Wildman–Crippen MR) is 98.9 cm³/mol. The van der Waals surface area contributed by atoms with Gasteiger partial charge in [0.25, 0.3) is 5.91 Å². The highest BCUT2D eigenvalue weighted by molar-refractivity contribution is 7.05. The number of rotatable bonds is 7. The van der Waals surface area contributed by atoms with Gasteiger partial charge in [0.2, 0.25) is 0 Å². The number of carbonyl (C=O) groups excluding carboxylic acids is 1. The summed E-state index contributed by atoms with van der Waals surface area (Å²) in [6.45, 7) is 3.79. The summed E-state index contributed by atoms with van der Waals surface area (Å²) in [5.74, 6) is 0.538. The molecule has 26 heavy (non-hydrogen) atoms. The summed E-state index contributed by atoms with van der Waals surface area (Å²) >= 11 is 1.33. The van der Waals surface area contributed by atoms with Crippen molar-refractivity contribution in [2.75, 3.05) is 20.2 Å². The number of piperidine rings is 1. The number of benzene rings is 1. The number of aromatic nitrogens is 2. The Labute approximate surface area is 157 Å². The minimum absolute atomic E-state index is 0.220. The smallest absolute Gasteiger partial charge is 0.256 e. The van der Waals surface area contributed by atoms with E-state index < -0.39 is 5.60 Å². The van der Waals surface area contributed by atoms with E-state index in [1.54, 1.807) is 12.0 Å². The van der Waals surface area contributed by atoms with Crippen LogP contribution in [0.2, 0.25) is 0 Å². The summed E-state index contributed by atoms with van der Waals surface area (Å²) in [5, 5.41) is 18.0. The van der Waals surface area contributed by atoms with Crippen LogP contribution in [0.25, 0.3) is 0 Å². The van der Waals surface area contributed by atoms with Crippen LogP contribution in [-0.4, -0.2) is 51.3 Å². The number of aliphatic hydroxyl groups is 1. The zero-order valence-corrected chi connectivity index (χ0v) is 15.9. The lowest BCUT2D eigenvalue weighted by atomic mass is 9.91. The van der Waals surface area contributed by atoms with Gasteiger partial charge in [-0.3, -0.25) is 4.79 Å². The zero-order valence-electron chi connectivity index (χ0n) is 15.1. The van der Waals surface area contributed by atoms with Crippen molar-refractivity contribution in [3.05, 3.63) is 40.4 Å². The maximum Gasteiger partial charge on any atom is 0.256 e. The number of methoxy groups -OCH3 is 1. The largest absolute Gasteiger partial charge is 0.497 e. The van der Waals surface area contributed by atoms with Gasteiger partial charge in [0.15, 0.2) is 5.60 Å². The van der Waals surface area contributed by atoms with Crippen molar-refractivity contribution in [3.63, 3.8) is 0 Å². The molecule has 3 rings (SSSR count). The fraction of sp³-hybridized carbons (Fsp3) is 0.500. The number of likely N-dealkylation sites (tertiary alicyclic amines) is 1. The van der Waals surface area contributed by atoms with E-state index in [-0.39, 0.29) is 12.5 Å². The molecule has 7 nitrogen and oxygen atoms in total. The third kappa shape index (κ3) is 4.20. The Balaban J connectivity index is 1.61. The number of hydrogen-bond donors (Lipinski definition) is 2. The lowest BCUT2D eigenvalue weighted by molar-refractivity contribution is -0.157. The van der Waals surface area contributed by atoms with E-state index in [0.29, 0.717) is 26.1 Å². The standard InChI is InChI=1S/C18H24N4O3S/c1-13-16(26-21-20-13)10-19-12-18(24)7-4-8-22(17(18)23)11-14-5-3-6-15(9-14)25-2/h3,5-6,9,19,24H,4,7-8,10-12H2,1-2H3/t18-/m1/s1. The molecule has 0 aliphatic carbocycles. The van der Waals surface area contributed by atoms with Crippen LogP contribution >= 0.6 is 11.5 Å². The molecule has 8 heteroatoms. The summed E-state index contributed by atoms with van der Waals surface area (Å²) in [4.78, 5) is 15.6. The van der Waals surface area contributed by atoms with E-state index in [1.165, 1.54) is 11.5 Å². The highest BCUT2D eigenvalue weighted by Crippen LogP contribution is 2.25. The van der Waals surface area contributed by atoms with Crippen LogP contribution in [0.5, 0.6) is 5.75 Å². The summed E-state index contributed by atoms with van der Waals surface area (Å²) in [6.07, 6.45) is 1.24. The monoisotopic (exact) mass is 376 g/mol. The molecule has 140 valence electrons. The second-order valence-electron chi connectivity index (χ2n) is 6.60. The van der Waals surface area contributed by atoms with Crippen molar-refractivity contribution >= 4 is 17.4 Å². The Morgan fingerprint density at radius 2 is 2.31 bits per heavy atom. The minimum atomic E-state index is -1.37. The van der Waals surface area contributed by atoms with Crippen molar-refractivity contribution in [3.8, 4) is 5.75 Å². The average molecular weight is 376 g/mol. The van der Waals surface area contributed by atoms with Gasteiger partial charge in [-0.25, -0.2) is 0 Å². The zero-order chi connectivity index (χ0) is 18.6. The van der Waals surface area contributed by atoms with Crippen LogP contribution in [0.3, 0.4) is 0 Å². The molecule has 0 spiro atoms. The molecule has 0 bridgehead atoms. The molecule has 1 atom stereocenters. The number of nitrogens with zero attached hydrogens (tertiary/aromatic N) is 3. The second-order valence-corrected chi connectivity index (χ2v) is 7.44. The summed E-state index contributed by atoms with van der Waals surface area (Å²) in [7, 11) is 1.62. The van der Waals surface area contributed by atoms with Crippen LogP contribution < -0.4 is 10.1 Å². The maximum atomic E-state index is 12.8. The molecule has 1 amide bonds. The fourth-order valence-electron chi connectivity index (χ4n) is 3.17. The van der Waals surface area contributed by atoms with Crippen LogP contribution in [0, 0.1) is 6.92 Å². The molecule has 1 aromatic heterocycles. The molecule has 2 heterocycles. The lowest BCUT2D eigenvalue weighted by Crippen LogP contribution is -2.57. The van der Waals surface area contributed by atoms with Gasteiger partial charge in [0.05, 0.1) is 17.7 Å². The number of nitrogens with one attached hydrogen (secondary N) is 1. The number of ether oxygens (including phenoxy) is 1. The summed E-state index contributed by atoms with van der Waals surface area (Å²) in [5.41, 5.74) is 0.494. The highest BCUT2D eigenvalue weighted by atomic mass is 32.1. The van der Waals surface area contributed by atoms with E-state index in [2.05, 4.69) is 14.9 Å². The van der Waals surface area contributed by atoms with Crippen molar-refractivity contribution in [1.29, 1.82) is 0 Å². The van der Waals surface area contributed by atoms with Gasteiger partial charge in [-0.05, 0) is 49.0 Å². The van der Waals surface area contributed by atoms with Gasteiger partial charge in [-0.1, -0.05) is 16.6 Å². The molecular formula is C18H24N4O3S. The van der Waals surface area contributed by atoms with Gasteiger partial charge in [-0.2, -0.15) is 0 Å². The topological polar surface area (TPSA) is 87.6 Å². The van der Waals surface area contributed by atoms with Crippen molar-refractivity contribution in [1.82, 2.24) is 19.8 Å². The van der Waals surface area contributed by atoms with Crippen LogP contribution in [0.4, 0.5) is 0 Å². The SMILES string of the molecule is COc1cccc(CN2CCC[C@@](O)(CNCc3snnc3C)C2=O)c1. The quantitative estimate of drug-likeness (QED) is 0.761. The Morgan fingerprint density at radius 1 is 1.46 bits per heavy atom. The van der Waals surface area contributed by atoms with Gasteiger partial charge in [-0.15, -0.1) is 5.10 Å². The fourth-order valence-corrected chi connectivity index (χ4v) is 3.77. The second kappa shape index (κ2) is 8.11. The van der Waals surface area contributed by atoms with Crippen molar-refractivity contribution in [2.24, 2.45) is 0 Å². The Morgan fingerprint density at radius 3 is 3.04 bits per heavy atom. The molecule has 1 fully saturated rings. The number of amides is 1. The lowest BCUT2D eigenvalue weighted by Gasteiger charge is -2.38. The maximum absolute atomic E-state index is 12.8. The molecule has 0 saturated carbocycles. The number of carbonyl (C=O) groups is 1. The normalized spacial score (nSPS) is 20.4. The first-order valence-electron chi connectivity index (χ1n) is 8.65. The number of hydrogen-bond acceptors (Lipinski definition) is 7. The summed E-state index contributed by atoms with van der Waals surface area (Å²) < 4.78 is 9.13. The van der Waals surface area contributed by atoms with E-state index in [9.17, 15) is 9.90 Å². The predicted octanol–water partition coefficient (Wildman–Crippen LogP) is 1.50. The molecule has 1 aromatic carbocycles. The first-order chi connectivity index (χ1) is 12.5. The Bertz CT molecular complexity index is 766. The molecule has 2 aromatic rings.